The lowest BCUT2D eigenvalue weighted by Gasteiger charge is -2.44. The molecule has 6 nitrogen and oxygen atoms in total. The van der Waals surface area contributed by atoms with Gasteiger partial charge >= 0.3 is 6.09 Å². The van der Waals surface area contributed by atoms with Crippen LogP contribution < -0.4 is 0 Å². The first-order valence-corrected chi connectivity index (χ1v) is 7.89. The molecule has 0 spiro atoms. The first-order valence-electron chi connectivity index (χ1n) is 7.89. The molecule has 1 aliphatic heterocycles. The molecule has 0 aromatic carbocycles. The van der Waals surface area contributed by atoms with Crippen molar-refractivity contribution in [2.24, 2.45) is 0 Å². The summed E-state index contributed by atoms with van der Waals surface area (Å²) >= 11 is 0. The van der Waals surface area contributed by atoms with E-state index < -0.39 is 5.60 Å². The van der Waals surface area contributed by atoms with Crippen LogP contribution in [0.1, 0.15) is 45.0 Å². The van der Waals surface area contributed by atoms with Crippen LogP contribution in [0.3, 0.4) is 0 Å². The lowest BCUT2D eigenvalue weighted by atomic mass is 10.1. The van der Waals surface area contributed by atoms with Crippen molar-refractivity contribution in [1.82, 2.24) is 14.8 Å². The van der Waals surface area contributed by atoms with E-state index in [-0.39, 0.29) is 24.1 Å². The normalized spacial score (nSPS) is 22.0. The van der Waals surface area contributed by atoms with Gasteiger partial charge in [0.05, 0.1) is 17.6 Å². The predicted octanol–water partition coefficient (Wildman–Crippen LogP) is 2.55. The van der Waals surface area contributed by atoms with Crippen LogP contribution in [-0.4, -0.2) is 57.6 Å². The van der Waals surface area contributed by atoms with Crippen molar-refractivity contribution in [3.05, 3.63) is 30.1 Å². The third-order valence-electron chi connectivity index (χ3n) is 3.72. The van der Waals surface area contributed by atoms with Gasteiger partial charge in [0.2, 0.25) is 0 Å². The second kappa shape index (κ2) is 6.56. The molecule has 126 valence electrons. The van der Waals surface area contributed by atoms with E-state index in [1.54, 1.807) is 34.3 Å². The lowest BCUT2D eigenvalue weighted by molar-refractivity contribution is -0.0129. The third kappa shape index (κ3) is 4.21. The zero-order valence-corrected chi connectivity index (χ0v) is 14.4. The average Bonchev–Trinajstić information content (AvgIpc) is 2.44. The van der Waals surface area contributed by atoms with Gasteiger partial charge in [-0.1, -0.05) is 0 Å². The van der Waals surface area contributed by atoms with Gasteiger partial charge < -0.3 is 9.64 Å². The Morgan fingerprint density at radius 3 is 2.30 bits per heavy atom. The number of rotatable bonds is 1. The van der Waals surface area contributed by atoms with E-state index in [1.807, 2.05) is 34.6 Å². The molecule has 0 radical (unpaired) electrons. The maximum absolute atomic E-state index is 12.5. The molecule has 1 aromatic rings. The molecule has 2 atom stereocenters. The second-order valence-corrected chi connectivity index (χ2v) is 7.04. The van der Waals surface area contributed by atoms with Gasteiger partial charge in [0, 0.05) is 25.5 Å². The maximum Gasteiger partial charge on any atom is 0.410 e. The second-order valence-electron chi connectivity index (χ2n) is 7.04. The fourth-order valence-corrected chi connectivity index (χ4v) is 2.83. The number of aromatic nitrogens is 1. The van der Waals surface area contributed by atoms with Gasteiger partial charge in [-0.15, -0.1) is 0 Å². The number of piperazine rings is 1. The summed E-state index contributed by atoms with van der Waals surface area (Å²) in [7, 11) is 0. The molecule has 6 heteroatoms. The van der Waals surface area contributed by atoms with Crippen molar-refractivity contribution in [3.63, 3.8) is 0 Å². The summed E-state index contributed by atoms with van der Waals surface area (Å²) in [6.45, 7) is 10.4. The van der Waals surface area contributed by atoms with Gasteiger partial charge in [-0.2, -0.15) is 0 Å². The van der Waals surface area contributed by atoms with Gasteiger partial charge in [0.15, 0.2) is 0 Å². The number of carbonyl (C=O) groups is 2. The smallest absolute Gasteiger partial charge is 0.410 e. The molecule has 0 unspecified atom stereocenters. The maximum atomic E-state index is 12.5. The van der Waals surface area contributed by atoms with Crippen LogP contribution in [-0.2, 0) is 4.74 Å². The van der Waals surface area contributed by atoms with Crippen molar-refractivity contribution < 1.29 is 14.3 Å². The minimum absolute atomic E-state index is 0.0550. The van der Waals surface area contributed by atoms with Crippen LogP contribution in [0.15, 0.2) is 24.5 Å². The van der Waals surface area contributed by atoms with E-state index in [2.05, 4.69) is 4.98 Å². The number of hydrogen-bond acceptors (Lipinski definition) is 4. The molecular weight excluding hydrogens is 294 g/mol. The van der Waals surface area contributed by atoms with Gasteiger partial charge in [0.25, 0.3) is 5.91 Å². The number of hydrogen-bond donors (Lipinski definition) is 0. The Hall–Kier alpha value is -2.11. The number of carbonyl (C=O) groups excluding carboxylic acids is 2. The summed E-state index contributed by atoms with van der Waals surface area (Å²) in [6, 6.07) is 3.30. The molecular formula is C17H25N3O3. The lowest BCUT2D eigenvalue weighted by Crippen LogP contribution is -2.60. The van der Waals surface area contributed by atoms with Gasteiger partial charge in [-0.05, 0) is 46.8 Å². The number of amides is 2. The van der Waals surface area contributed by atoms with E-state index >= 15 is 0 Å². The number of pyridine rings is 1. The van der Waals surface area contributed by atoms with E-state index in [0.717, 1.165) is 0 Å². The molecule has 2 amide bonds. The highest BCUT2D eigenvalue weighted by Gasteiger charge is 2.37. The zero-order chi connectivity index (χ0) is 17.2. The summed E-state index contributed by atoms with van der Waals surface area (Å²) in [5.74, 6) is -0.0550. The van der Waals surface area contributed by atoms with E-state index in [4.69, 9.17) is 4.74 Å². The highest BCUT2D eigenvalue weighted by atomic mass is 16.6. The molecule has 23 heavy (non-hydrogen) atoms. The Balaban J connectivity index is 2.07. The summed E-state index contributed by atoms with van der Waals surface area (Å²) < 4.78 is 5.47. The van der Waals surface area contributed by atoms with Crippen LogP contribution in [0.2, 0.25) is 0 Å². The fourth-order valence-electron chi connectivity index (χ4n) is 2.83. The van der Waals surface area contributed by atoms with E-state index in [1.165, 1.54) is 0 Å². The van der Waals surface area contributed by atoms with Crippen LogP contribution in [0.5, 0.6) is 0 Å². The molecule has 1 aliphatic rings. The molecule has 2 rings (SSSR count). The van der Waals surface area contributed by atoms with Crippen LogP contribution >= 0.6 is 0 Å². The van der Waals surface area contributed by atoms with E-state index in [9.17, 15) is 9.59 Å². The Bertz CT molecular complexity index is 556. The minimum Gasteiger partial charge on any atom is -0.444 e. The standard InChI is InChI=1S/C17H25N3O3/c1-12-10-19(15(21)14-7-6-8-18-9-14)11-13(2)20(12)16(22)23-17(3,4)5/h6-9,12-13H,10-11H2,1-5H3/t12-,13-/m0/s1. The van der Waals surface area contributed by atoms with Crippen LogP contribution in [0.25, 0.3) is 0 Å². The Morgan fingerprint density at radius 2 is 1.83 bits per heavy atom. The van der Waals surface area contributed by atoms with Gasteiger partial charge in [-0.3, -0.25) is 14.7 Å². The Kier molecular flexibility index (Phi) is 4.92. The van der Waals surface area contributed by atoms with Crippen LogP contribution in [0, 0.1) is 0 Å². The summed E-state index contributed by atoms with van der Waals surface area (Å²) in [4.78, 5) is 32.4. The third-order valence-corrected chi connectivity index (χ3v) is 3.72. The van der Waals surface area contributed by atoms with Crippen molar-refractivity contribution in [2.75, 3.05) is 13.1 Å². The fraction of sp³-hybridized carbons (Fsp3) is 0.588. The monoisotopic (exact) mass is 319 g/mol. The van der Waals surface area contributed by atoms with Crippen molar-refractivity contribution in [3.8, 4) is 0 Å². The Morgan fingerprint density at radius 1 is 1.22 bits per heavy atom. The number of ether oxygens (including phenoxy) is 1. The van der Waals surface area contributed by atoms with E-state index in [0.29, 0.717) is 18.7 Å². The largest absolute Gasteiger partial charge is 0.444 e. The van der Waals surface area contributed by atoms with Gasteiger partial charge in [0.1, 0.15) is 5.60 Å². The molecule has 0 saturated carbocycles. The molecule has 2 heterocycles. The molecule has 1 aromatic heterocycles. The van der Waals surface area contributed by atoms with Crippen molar-refractivity contribution in [1.29, 1.82) is 0 Å². The summed E-state index contributed by atoms with van der Waals surface area (Å²) in [6.07, 6.45) is 2.88. The molecule has 0 N–H and O–H groups in total. The predicted molar refractivity (Wildman–Crippen MR) is 87.1 cm³/mol. The zero-order valence-electron chi connectivity index (χ0n) is 14.4. The van der Waals surface area contributed by atoms with Crippen molar-refractivity contribution >= 4 is 12.0 Å². The first-order chi connectivity index (χ1) is 10.7. The summed E-state index contributed by atoms with van der Waals surface area (Å²) in [5, 5.41) is 0. The summed E-state index contributed by atoms with van der Waals surface area (Å²) in [5.41, 5.74) is 0.0387. The molecule has 1 saturated heterocycles. The first kappa shape index (κ1) is 17.2. The molecule has 1 fully saturated rings. The number of nitrogens with zero attached hydrogens (tertiary/aromatic N) is 3. The topological polar surface area (TPSA) is 62.7 Å². The average molecular weight is 319 g/mol. The van der Waals surface area contributed by atoms with Crippen LogP contribution in [0.4, 0.5) is 4.79 Å². The Labute approximate surface area is 137 Å². The molecule has 0 aliphatic carbocycles. The minimum atomic E-state index is -0.529. The van der Waals surface area contributed by atoms with Crippen molar-refractivity contribution in [2.45, 2.75) is 52.3 Å². The van der Waals surface area contributed by atoms with Gasteiger partial charge in [-0.25, -0.2) is 4.79 Å². The molecule has 0 bridgehead atoms. The quantitative estimate of drug-likeness (QED) is 0.798. The SMILES string of the molecule is C[C@H]1CN(C(=O)c2cccnc2)C[C@H](C)N1C(=O)OC(C)(C)C. The highest BCUT2D eigenvalue weighted by Crippen LogP contribution is 2.21. The highest BCUT2D eigenvalue weighted by molar-refractivity contribution is 5.94.